The number of thiazole rings is 1. The number of carbonyl (C=O) groups is 1. The predicted molar refractivity (Wildman–Crippen MR) is 103 cm³/mol. The molecule has 0 saturated heterocycles. The number of anilines is 1. The Morgan fingerprint density at radius 1 is 1.08 bits per heavy atom. The topological polar surface area (TPSA) is 33.2 Å². The summed E-state index contributed by atoms with van der Waals surface area (Å²) < 4.78 is 0. The van der Waals surface area contributed by atoms with Crippen molar-refractivity contribution < 1.29 is 4.79 Å². The van der Waals surface area contributed by atoms with Gasteiger partial charge in [0, 0.05) is 21.9 Å². The van der Waals surface area contributed by atoms with E-state index in [2.05, 4.69) is 27.7 Å². The lowest BCUT2D eigenvalue weighted by atomic mass is 9.86. The van der Waals surface area contributed by atoms with Crippen LogP contribution in [0, 0.1) is 5.41 Å². The van der Waals surface area contributed by atoms with Gasteiger partial charge in [-0.05, 0) is 26.7 Å². The molecule has 0 unspecified atom stereocenters. The molecule has 1 heterocycles. The molecule has 0 saturated carbocycles. The van der Waals surface area contributed by atoms with Gasteiger partial charge in [-0.3, -0.25) is 9.69 Å². The standard InChI is InChI=1S/C20H28N2OS/c1-7-19(3,4)17(23)22(20(5,6)8-2)18-21-16(14-24-18)15-12-10-9-11-13-15/h9-14H,7-8H2,1-6H3. The molecule has 0 radical (unpaired) electrons. The lowest BCUT2D eigenvalue weighted by Crippen LogP contribution is -2.52. The predicted octanol–water partition coefficient (Wildman–Crippen LogP) is 5.77. The second-order valence-electron chi connectivity index (χ2n) is 7.43. The molecule has 0 fully saturated rings. The third kappa shape index (κ3) is 3.69. The quantitative estimate of drug-likeness (QED) is 0.666. The van der Waals surface area contributed by atoms with Crippen molar-refractivity contribution in [2.75, 3.05) is 4.90 Å². The van der Waals surface area contributed by atoms with Crippen molar-refractivity contribution in [1.29, 1.82) is 0 Å². The van der Waals surface area contributed by atoms with Gasteiger partial charge in [-0.1, -0.05) is 58.0 Å². The number of carbonyl (C=O) groups excluding carboxylic acids is 1. The van der Waals surface area contributed by atoms with Crippen LogP contribution in [0.3, 0.4) is 0 Å². The van der Waals surface area contributed by atoms with Gasteiger partial charge in [0.15, 0.2) is 5.13 Å². The number of hydrogen-bond donors (Lipinski definition) is 0. The number of aromatic nitrogens is 1. The van der Waals surface area contributed by atoms with E-state index in [1.807, 2.05) is 54.5 Å². The summed E-state index contributed by atoms with van der Waals surface area (Å²) in [6.45, 7) is 12.4. The van der Waals surface area contributed by atoms with Crippen molar-refractivity contribution in [2.45, 2.75) is 59.9 Å². The fourth-order valence-electron chi connectivity index (χ4n) is 2.34. The van der Waals surface area contributed by atoms with Gasteiger partial charge in [0.1, 0.15) is 0 Å². The van der Waals surface area contributed by atoms with Crippen LogP contribution in [-0.2, 0) is 4.79 Å². The second kappa shape index (κ2) is 7.06. The van der Waals surface area contributed by atoms with Gasteiger partial charge in [0.05, 0.1) is 5.69 Å². The van der Waals surface area contributed by atoms with E-state index in [1.165, 1.54) is 0 Å². The first kappa shape index (κ1) is 18.7. The highest BCUT2D eigenvalue weighted by molar-refractivity contribution is 7.14. The van der Waals surface area contributed by atoms with E-state index in [4.69, 9.17) is 4.98 Å². The number of nitrogens with zero attached hydrogens (tertiary/aromatic N) is 2. The molecule has 4 heteroatoms. The van der Waals surface area contributed by atoms with Gasteiger partial charge in [0.2, 0.25) is 5.91 Å². The van der Waals surface area contributed by atoms with Crippen molar-refractivity contribution in [3.05, 3.63) is 35.7 Å². The van der Waals surface area contributed by atoms with Crippen molar-refractivity contribution in [2.24, 2.45) is 5.41 Å². The smallest absolute Gasteiger partial charge is 0.234 e. The van der Waals surface area contributed by atoms with E-state index in [9.17, 15) is 4.79 Å². The van der Waals surface area contributed by atoms with Gasteiger partial charge in [-0.15, -0.1) is 11.3 Å². The maximum absolute atomic E-state index is 13.2. The minimum atomic E-state index is -0.398. The third-order valence-electron chi connectivity index (χ3n) is 4.89. The van der Waals surface area contributed by atoms with Crippen LogP contribution in [0.4, 0.5) is 5.13 Å². The van der Waals surface area contributed by atoms with Crippen molar-refractivity contribution >= 4 is 22.4 Å². The number of amides is 1. The summed E-state index contributed by atoms with van der Waals surface area (Å²) in [6, 6.07) is 10.1. The molecule has 2 rings (SSSR count). The number of benzene rings is 1. The van der Waals surface area contributed by atoms with Crippen molar-refractivity contribution in [3.63, 3.8) is 0 Å². The maximum Gasteiger partial charge on any atom is 0.234 e. The average Bonchev–Trinajstić information content (AvgIpc) is 3.05. The molecule has 0 N–H and O–H groups in total. The highest BCUT2D eigenvalue weighted by atomic mass is 32.1. The normalized spacial score (nSPS) is 12.2. The molecule has 1 aromatic heterocycles. The fourth-order valence-corrected chi connectivity index (χ4v) is 3.33. The second-order valence-corrected chi connectivity index (χ2v) is 8.26. The summed E-state index contributed by atoms with van der Waals surface area (Å²) in [5.74, 6) is 0.144. The Morgan fingerprint density at radius 2 is 1.71 bits per heavy atom. The summed E-state index contributed by atoms with van der Waals surface area (Å²) in [5, 5.41) is 2.82. The molecule has 0 aliphatic rings. The first-order valence-electron chi connectivity index (χ1n) is 8.58. The molecule has 1 amide bonds. The lowest BCUT2D eigenvalue weighted by Gasteiger charge is -2.40. The molecule has 2 aromatic rings. The minimum Gasteiger partial charge on any atom is -0.282 e. The average molecular weight is 345 g/mol. The SMILES string of the molecule is CCC(C)(C)C(=O)N(c1nc(-c2ccccc2)cs1)C(C)(C)CC. The summed E-state index contributed by atoms with van der Waals surface area (Å²) >= 11 is 1.54. The maximum atomic E-state index is 13.2. The first-order valence-corrected chi connectivity index (χ1v) is 9.46. The Hall–Kier alpha value is -1.68. The van der Waals surface area contributed by atoms with Gasteiger partial charge in [-0.2, -0.15) is 0 Å². The molecular formula is C20H28N2OS. The van der Waals surface area contributed by atoms with Crippen molar-refractivity contribution in [3.8, 4) is 11.3 Å². The largest absolute Gasteiger partial charge is 0.282 e. The molecule has 1 aromatic carbocycles. The first-order chi connectivity index (χ1) is 11.2. The Labute approximate surface area is 149 Å². The van der Waals surface area contributed by atoms with E-state index < -0.39 is 5.41 Å². The van der Waals surface area contributed by atoms with Crippen LogP contribution >= 0.6 is 11.3 Å². The summed E-state index contributed by atoms with van der Waals surface area (Å²) in [4.78, 5) is 19.9. The molecule has 3 nitrogen and oxygen atoms in total. The summed E-state index contributed by atoms with van der Waals surface area (Å²) in [6.07, 6.45) is 1.68. The molecule has 0 spiro atoms. The van der Waals surface area contributed by atoms with Crippen LogP contribution in [0.15, 0.2) is 35.7 Å². The zero-order chi connectivity index (χ0) is 18.0. The van der Waals surface area contributed by atoms with Crippen LogP contribution in [-0.4, -0.2) is 16.4 Å². The monoisotopic (exact) mass is 344 g/mol. The van der Waals surface area contributed by atoms with Gasteiger partial charge in [0.25, 0.3) is 0 Å². The van der Waals surface area contributed by atoms with E-state index in [0.29, 0.717) is 0 Å². The van der Waals surface area contributed by atoms with E-state index >= 15 is 0 Å². The van der Waals surface area contributed by atoms with E-state index in [1.54, 1.807) is 11.3 Å². The number of hydrogen-bond acceptors (Lipinski definition) is 3. The Balaban J connectivity index is 2.46. The minimum absolute atomic E-state index is 0.144. The van der Waals surface area contributed by atoms with Crippen molar-refractivity contribution in [1.82, 2.24) is 4.98 Å². The highest BCUT2D eigenvalue weighted by Gasteiger charge is 2.39. The third-order valence-corrected chi connectivity index (χ3v) is 5.72. The van der Waals surface area contributed by atoms with Crippen LogP contribution in [0.1, 0.15) is 54.4 Å². The van der Waals surface area contributed by atoms with Gasteiger partial charge in [-0.25, -0.2) is 4.98 Å². The van der Waals surface area contributed by atoms with Crippen LogP contribution < -0.4 is 4.90 Å². The highest BCUT2D eigenvalue weighted by Crippen LogP contribution is 2.37. The summed E-state index contributed by atoms with van der Waals surface area (Å²) in [5.41, 5.74) is 1.34. The number of rotatable bonds is 6. The molecule has 0 bridgehead atoms. The lowest BCUT2D eigenvalue weighted by molar-refractivity contribution is -0.127. The van der Waals surface area contributed by atoms with Crippen LogP contribution in [0.2, 0.25) is 0 Å². The molecule has 0 atom stereocenters. The Kier molecular flexibility index (Phi) is 5.49. The van der Waals surface area contributed by atoms with Gasteiger partial charge < -0.3 is 0 Å². The zero-order valence-electron chi connectivity index (χ0n) is 15.6. The summed E-state index contributed by atoms with van der Waals surface area (Å²) in [7, 11) is 0. The molecule has 0 aliphatic heterocycles. The van der Waals surface area contributed by atoms with Crippen LogP contribution in [0.5, 0.6) is 0 Å². The van der Waals surface area contributed by atoms with Gasteiger partial charge >= 0.3 is 0 Å². The molecule has 0 aliphatic carbocycles. The van der Waals surface area contributed by atoms with E-state index in [-0.39, 0.29) is 11.4 Å². The van der Waals surface area contributed by atoms with Crippen LogP contribution in [0.25, 0.3) is 11.3 Å². The molecule has 24 heavy (non-hydrogen) atoms. The Morgan fingerprint density at radius 3 is 2.25 bits per heavy atom. The fraction of sp³-hybridized carbons (Fsp3) is 0.500. The molecule has 130 valence electrons. The zero-order valence-corrected chi connectivity index (χ0v) is 16.4. The molecular weight excluding hydrogens is 316 g/mol. The van der Waals surface area contributed by atoms with E-state index in [0.717, 1.165) is 29.2 Å². The Bertz CT molecular complexity index is 689.